The molecule has 4 nitrogen and oxygen atoms in total. The molecule has 6 heteroatoms. The first-order chi connectivity index (χ1) is 14.6. The molecule has 1 saturated carbocycles. The van der Waals surface area contributed by atoms with Crippen LogP contribution in [0.5, 0.6) is 0 Å². The van der Waals surface area contributed by atoms with Crippen LogP contribution in [-0.2, 0) is 4.79 Å². The first-order valence-electron chi connectivity index (χ1n) is 10.6. The summed E-state index contributed by atoms with van der Waals surface area (Å²) in [7, 11) is 0. The molecule has 0 heterocycles. The second-order valence-corrected chi connectivity index (χ2v) is 8.44. The summed E-state index contributed by atoms with van der Waals surface area (Å²) in [4.78, 5) is 13.6. The molecular weight excluding hydrogens is 397 g/mol. The fraction of sp³-hybridized carbons (Fsp3) is 0.417. The number of halogens is 1. The third kappa shape index (κ3) is 5.70. The average Bonchev–Trinajstić information content (AvgIpc) is 3.31. The number of nitrogens with two attached hydrogens (primary N) is 1. The van der Waals surface area contributed by atoms with Crippen LogP contribution in [0.25, 0.3) is 0 Å². The van der Waals surface area contributed by atoms with E-state index in [0.29, 0.717) is 17.2 Å². The number of thioether (sulfide) groups is 1. The Balaban J connectivity index is 2.04. The van der Waals surface area contributed by atoms with Gasteiger partial charge in [0.2, 0.25) is 5.91 Å². The molecule has 0 spiro atoms. The van der Waals surface area contributed by atoms with Gasteiger partial charge in [0.05, 0.1) is 6.04 Å². The van der Waals surface area contributed by atoms with E-state index in [1.165, 1.54) is 23.9 Å². The van der Waals surface area contributed by atoms with Gasteiger partial charge in [0.15, 0.2) is 0 Å². The lowest BCUT2D eigenvalue weighted by Crippen LogP contribution is -2.35. The van der Waals surface area contributed by atoms with Crippen molar-refractivity contribution in [2.45, 2.75) is 44.6 Å². The Morgan fingerprint density at radius 3 is 2.57 bits per heavy atom. The van der Waals surface area contributed by atoms with Crippen LogP contribution in [0.2, 0.25) is 0 Å². The van der Waals surface area contributed by atoms with Gasteiger partial charge in [-0.15, -0.1) is 11.8 Å². The van der Waals surface area contributed by atoms with E-state index >= 15 is 0 Å². The van der Waals surface area contributed by atoms with Crippen molar-refractivity contribution in [3.05, 3.63) is 71.5 Å². The van der Waals surface area contributed by atoms with Gasteiger partial charge in [-0.25, -0.2) is 9.40 Å². The molecule has 1 amide bonds. The Morgan fingerprint density at radius 2 is 1.93 bits per heavy atom. The SMILES string of the molecule is CS/C(=N\N(C(=O)C1CCCC1)C(CCCN)c1ccccc1)c1cccc(F)c1. The molecular formula is C24H30FN3OS. The molecule has 0 aliphatic heterocycles. The highest BCUT2D eigenvalue weighted by molar-refractivity contribution is 8.13. The molecule has 0 radical (unpaired) electrons. The zero-order chi connectivity index (χ0) is 21.3. The van der Waals surface area contributed by atoms with Crippen molar-refractivity contribution < 1.29 is 9.18 Å². The highest BCUT2D eigenvalue weighted by Crippen LogP contribution is 2.33. The predicted octanol–water partition coefficient (Wildman–Crippen LogP) is 5.35. The van der Waals surface area contributed by atoms with E-state index in [4.69, 9.17) is 10.8 Å². The summed E-state index contributed by atoms with van der Waals surface area (Å²) in [6, 6.07) is 16.2. The normalized spacial score (nSPS) is 15.9. The topological polar surface area (TPSA) is 58.7 Å². The van der Waals surface area contributed by atoms with Crippen molar-refractivity contribution in [3.8, 4) is 0 Å². The maximum Gasteiger partial charge on any atom is 0.246 e. The van der Waals surface area contributed by atoms with E-state index in [1.807, 2.05) is 42.7 Å². The van der Waals surface area contributed by atoms with E-state index in [1.54, 1.807) is 11.1 Å². The van der Waals surface area contributed by atoms with Crippen LogP contribution in [0, 0.1) is 11.7 Å². The number of nitrogens with zero attached hydrogens (tertiary/aromatic N) is 2. The standard InChI is InChI=1S/C24H30FN3OS/c1-30-23(20-13-7-14-21(25)17-20)27-28(24(29)19-11-5-6-12-19)22(15-8-16-26)18-9-3-2-4-10-18/h2-4,7,9-10,13-14,17,19,22H,5-6,8,11-12,15-16,26H2,1H3/b27-23-. The Labute approximate surface area is 182 Å². The summed E-state index contributed by atoms with van der Waals surface area (Å²) >= 11 is 1.42. The highest BCUT2D eigenvalue weighted by Gasteiger charge is 2.32. The molecule has 0 bridgehead atoms. The number of amides is 1. The van der Waals surface area contributed by atoms with Crippen LogP contribution in [-0.4, -0.2) is 28.8 Å². The second-order valence-electron chi connectivity index (χ2n) is 7.64. The Kier molecular flexibility index (Phi) is 8.46. The fourth-order valence-electron chi connectivity index (χ4n) is 3.98. The number of benzene rings is 2. The first kappa shape index (κ1) is 22.5. The lowest BCUT2D eigenvalue weighted by molar-refractivity contribution is -0.138. The van der Waals surface area contributed by atoms with Gasteiger partial charge in [-0.3, -0.25) is 4.79 Å². The summed E-state index contributed by atoms with van der Waals surface area (Å²) in [5, 5.41) is 7.13. The van der Waals surface area contributed by atoms with Crippen molar-refractivity contribution in [3.63, 3.8) is 0 Å². The number of hydrazone groups is 1. The summed E-state index contributed by atoms with van der Waals surface area (Å²) in [5.41, 5.74) is 7.52. The van der Waals surface area contributed by atoms with Gasteiger partial charge in [0.1, 0.15) is 10.9 Å². The van der Waals surface area contributed by atoms with E-state index < -0.39 is 0 Å². The van der Waals surface area contributed by atoms with Crippen molar-refractivity contribution >= 4 is 22.7 Å². The molecule has 2 aromatic rings. The van der Waals surface area contributed by atoms with Crippen LogP contribution in [0.4, 0.5) is 4.39 Å². The molecule has 1 unspecified atom stereocenters. The Morgan fingerprint density at radius 1 is 1.20 bits per heavy atom. The highest BCUT2D eigenvalue weighted by atomic mass is 32.2. The molecule has 2 aromatic carbocycles. The zero-order valence-corrected chi connectivity index (χ0v) is 18.3. The number of carbonyl (C=O) groups is 1. The van der Waals surface area contributed by atoms with Crippen molar-refractivity contribution in [2.24, 2.45) is 16.8 Å². The molecule has 1 aliphatic carbocycles. The second kappa shape index (κ2) is 11.3. The van der Waals surface area contributed by atoms with Gasteiger partial charge in [-0.1, -0.05) is 55.3 Å². The summed E-state index contributed by atoms with van der Waals surface area (Å²) < 4.78 is 13.8. The minimum atomic E-state index is -0.314. The largest absolute Gasteiger partial charge is 0.330 e. The van der Waals surface area contributed by atoms with E-state index in [-0.39, 0.29) is 23.7 Å². The van der Waals surface area contributed by atoms with E-state index in [2.05, 4.69) is 0 Å². The Bertz CT molecular complexity index is 853. The minimum Gasteiger partial charge on any atom is -0.330 e. The molecule has 2 N–H and O–H groups in total. The van der Waals surface area contributed by atoms with Crippen molar-refractivity contribution in [1.82, 2.24) is 5.01 Å². The summed E-state index contributed by atoms with van der Waals surface area (Å²) in [6.45, 7) is 0.553. The summed E-state index contributed by atoms with van der Waals surface area (Å²) in [6.07, 6.45) is 7.37. The van der Waals surface area contributed by atoms with E-state index in [0.717, 1.165) is 44.1 Å². The first-order valence-corrected chi connectivity index (χ1v) is 11.8. The maximum atomic E-state index is 13.8. The number of rotatable bonds is 8. The minimum absolute atomic E-state index is 0.00606. The monoisotopic (exact) mass is 427 g/mol. The van der Waals surface area contributed by atoms with Gasteiger partial charge in [-0.2, -0.15) is 5.10 Å². The van der Waals surface area contributed by atoms with Gasteiger partial charge < -0.3 is 5.73 Å². The number of hydrogen-bond donors (Lipinski definition) is 1. The quantitative estimate of drug-likeness (QED) is 0.351. The summed E-state index contributed by atoms with van der Waals surface area (Å²) in [5.74, 6) is -0.263. The number of carbonyl (C=O) groups excluding carboxylic acids is 1. The van der Waals surface area contributed by atoms with Gasteiger partial charge in [-0.05, 0) is 56.2 Å². The van der Waals surface area contributed by atoms with Crippen molar-refractivity contribution in [1.29, 1.82) is 0 Å². The third-order valence-corrected chi connectivity index (χ3v) is 6.26. The lowest BCUT2D eigenvalue weighted by atomic mass is 9.99. The smallest absolute Gasteiger partial charge is 0.246 e. The Hall–Kier alpha value is -2.18. The van der Waals surface area contributed by atoms with Crippen LogP contribution in [0.15, 0.2) is 59.7 Å². The maximum absolute atomic E-state index is 13.8. The molecule has 160 valence electrons. The van der Waals surface area contributed by atoms with Gasteiger partial charge in [0.25, 0.3) is 0 Å². The van der Waals surface area contributed by atoms with Gasteiger partial charge >= 0.3 is 0 Å². The molecule has 1 atom stereocenters. The molecule has 3 rings (SSSR count). The zero-order valence-electron chi connectivity index (χ0n) is 17.5. The molecule has 30 heavy (non-hydrogen) atoms. The molecule has 1 aliphatic rings. The van der Waals surface area contributed by atoms with E-state index in [9.17, 15) is 9.18 Å². The van der Waals surface area contributed by atoms with Crippen LogP contribution >= 0.6 is 11.8 Å². The number of hydrogen-bond acceptors (Lipinski definition) is 4. The average molecular weight is 428 g/mol. The van der Waals surface area contributed by atoms with Crippen molar-refractivity contribution in [2.75, 3.05) is 12.8 Å². The van der Waals surface area contributed by atoms with Crippen LogP contribution < -0.4 is 5.73 Å². The molecule has 1 fully saturated rings. The van der Waals surface area contributed by atoms with Gasteiger partial charge in [0, 0.05) is 11.5 Å². The van der Waals surface area contributed by atoms with Crippen LogP contribution in [0.1, 0.15) is 55.7 Å². The third-order valence-electron chi connectivity index (χ3n) is 5.55. The lowest BCUT2D eigenvalue weighted by Gasteiger charge is -2.31. The van der Waals surface area contributed by atoms with Crippen LogP contribution in [0.3, 0.4) is 0 Å². The molecule has 0 aromatic heterocycles. The predicted molar refractivity (Wildman–Crippen MR) is 123 cm³/mol. The molecule has 0 saturated heterocycles. The fourth-order valence-corrected chi connectivity index (χ4v) is 4.52.